The Morgan fingerprint density at radius 3 is 2.24 bits per heavy atom. The lowest BCUT2D eigenvalue weighted by Crippen LogP contribution is -2.29. The summed E-state index contributed by atoms with van der Waals surface area (Å²) in [6, 6.07) is 9.68. The Balaban J connectivity index is 1.64. The smallest absolute Gasteiger partial charge is 0.163 e. The van der Waals surface area contributed by atoms with Crippen LogP contribution in [0.4, 0.5) is 0 Å². The van der Waals surface area contributed by atoms with Crippen LogP contribution in [0, 0.1) is 0 Å². The zero-order valence-corrected chi connectivity index (χ0v) is 19.0. The van der Waals surface area contributed by atoms with E-state index in [-0.39, 0.29) is 0 Å². The maximum Gasteiger partial charge on any atom is 0.163 e. The molecule has 0 aliphatic heterocycles. The molecule has 2 aromatic rings. The van der Waals surface area contributed by atoms with Crippen LogP contribution in [0.3, 0.4) is 0 Å². The summed E-state index contributed by atoms with van der Waals surface area (Å²) in [6.07, 6.45) is 9.13. The molecule has 1 N–H and O–H groups in total. The minimum Gasteiger partial charge on any atom is -0.493 e. The van der Waals surface area contributed by atoms with Gasteiger partial charge in [0.1, 0.15) is 6.61 Å². The molecule has 3 nitrogen and oxygen atoms in total. The summed E-state index contributed by atoms with van der Waals surface area (Å²) in [5.41, 5.74) is 1.87. The minimum absolute atomic E-state index is 0.308. The van der Waals surface area contributed by atoms with Gasteiger partial charge in [-0.3, -0.25) is 0 Å². The molecule has 1 aliphatic rings. The van der Waals surface area contributed by atoms with Crippen molar-refractivity contribution >= 4 is 34.8 Å². The van der Waals surface area contributed by atoms with Crippen molar-refractivity contribution in [2.24, 2.45) is 0 Å². The first-order valence-corrected chi connectivity index (χ1v) is 11.4. The molecule has 0 amide bonds. The number of benzene rings is 2. The van der Waals surface area contributed by atoms with Crippen molar-refractivity contribution in [3.05, 3.63) is 56.5 Å². The number of methoxy groups -OCH3 is 1. The third-order valence-corrected chi connectivity index (χ3v) is 6.36. The van der Waals surface area contributed by atoms with Gasteiger partial charge in [-0.15, -0.1) is 0 Å². The molecule has 3 rings (SSSR count). The monoisotopic (exact) mass is 455 g/mol. The second kappa shape index (κ2) is 11.3. The van der Waals surface area contributed by atoms with Crippen LogP contribution in [0.5, 0.6) is 11.5 Å². The first kappa shape index (κ1) is 22.6. The summed E-state index contributed by atoms with van der Waals surface area (Å²) in [5.74, 6) is 1.26. The molecule has 158 valence electrons. The summed E-state index contributed by atoms with van der Waals surface area (Å²) < 4.78 is 11.5. The van der Waals surface area contributed by atoms with E-state index in [1.54, 1.807) is 19.2 Å². The van der Waals surface area contributed by atoms with Gasteiger partial charge in [0.05, 0.1) is 7.11 Å². The summed E-state index contributed by atoms with van der Waals surface area (Å²) in [5, 5.41) is 5.51. The number of halogens is 3. The Bertz CT molecular complexity index is 805. The van der Waals surface area contributed by atoms with Gasteiger partial charge in [-0.2, -0.15) is 0 Å². The van der Waals surface area contributed by atoms with Crippen LogP contribution in [-0.4, -0.2) is 13.2 Å². The predicted molar refractivity (Wildman–Crippen MR) is 122 cm³/mol. The van der Waals surface area contributed by atoms with E-state index in [1.807, 2.05) is 18.2 Å². The Labute approximate surface area is 188 Å². The first-order chi connectivity index (χ1) is 14.1. The second-order valence-corrected chi connectivity index (χ2v) is 8.79. The molecule has 0 spiro atoms. The van der Waals surface area contributed by atoms with Crippen LogP contribution in [0.2, 0.25) is 15.1 Å². The Morgan fingerprint density at radius 1 is 0.862 bits per heavy atom. The van der Waals surface area contributed by atoms with Crippen molar-refractivity contribution < 1.29 is 9.47 Å². The molecule has 1 aliphatic carbocycles. The van der Waals surface area contributed by atoms with Gasteiger partial charge in [0.15, 0.2) is 11.5 Å². The number of rotatable bonds is 7. The normalized spacial score (nSPS) is 15.6. The van der Waals surface area contributed by atoms with Crippen molar-refractivity contribution in [3.8, 4) is 11.5 Å². The predicted octanol–water partition coefficient (Wildman–Crippen LogP) is 7.44. The van der Waals surface area contributed by atoms with Crippen molar-refractivity contribution in [1.29, 1.82) is 0 Å². The van der Waals surface area contributed by atoms with Gasteiger partial charge in [0.25, 0.3) is 0 Å². The number of hydrogen-bond acceptors (Lipinski definition) is 3. The van der Waals surface area contributed by atoms with Gasteiger partial charge in [0.2, 0.25) is 0 Å². The molecule has 0 unspecified atom stereocenters. The third kappa shape index (κ3) is 6.68. The molecular weight excluding hydrogens is 429 g/mol. The summed E-state index contributed by atoms with van der Waals surface area (Å²) >= 11 is 18.7. The van der Waals surface area contributed by atoms with Crippen molar-refractivity contribution in [1.82, 2.24) is 5.32 Å². The van der Waals surface area contributed by atoms with Crippen LogP contribution in [0.25, 0.3) is 0 Å². The van der Waals surface area contributed by atoms with E-state index in [2.05, 4.69) is 5.32 Å². The standard InChI is InChI=1S/C23H28Cl3NO2/c1-28-22-11-17(14-27-19-7-5-3-2-4-6-8-19)21(26)13-23(22)29-15-16-9-10-18(24)12-20(16)25/h9-13,19,27H,2-8,14-15H2,1H3. The summed E-state index contributed by atoms with van der Waals surface area (Å²) in [7, 11) is 1.64. The van der Waals surface area contributed by atoms with E-state index in [9.17, 15) is 0 Å². The lowest BCUT2D eigenvalue weighted by atomic mass is 9.96. The maximum atomic E-state index is 6.55. The molecule has 0 saturated heterocycles. The van der Waals surface area contributed by atoms with Crippen LogP contribution in [0.1, 0.15) is 56.1 Å². The average molecular weight is 457 g/mol. The molecule has 0 bridgehead atoms. The quantitative estimate of drug-likeness (QED) is 0.469. The SMILES string of the molecule is COc1cc(CNC2CCCCCCC2)c(Cl)cc1OCc1ccc(Cl)cc1Cl. The zero-order valence-electron chi connectivity index (χ0n) is 16.8. The maximum absolute atomic E-state index is 6.55. The highest BCUT2D eigenvalue weighted by Gasteiger charge is 2.15. The number of nitrogens with one attached hydrogen (secondary N) is 1. The molecule has 29 heavy (non-hydrogen) atoms. The minimum atomic E-state index is 0.308. The molecule has 0 radical (unpaired) electrons. The van der Waals surface area contributed by atoms with Gasteiger partial charge in [-0.05, 0) is 36.6 Å². The second-order valence-electron chi connectivity index (χ2n) is 7.54. The molecule has 0 heterocycles. The van der Waals surface area contributed by atoms with Crippen molar-refractivity contribution in [2.45, 2.75) is 64.1 Å². The first-order valence-electron chi connectivity index (χ1n) is 10.2. The van der Waals surface area contributed by atoms with Gasteiger partial charge < -0.3 is 14.8 Å². The fraction of sp³-hybridized carbons (Fsp3) is 0.478. The van der Waals surface area contributed by atoms with Crippen LogP contribution < -0.4 is 14.8 Å². The number of ether oxygens (including phenoxy) is 2. The van der Waals surface area contributed by atoms with E-state index in [4.69, 9.17) is 44.3 Å². The fourth-order valence-corrected chi connectivity index (χ4v) is 4.38. The van der Waals surface area contributed by atoms with Crippen LogP contribution in [-0.2, 0) is 13.2 Å². The van der Waals surface area contributed by atoms with E-state index in [0.717, 1.165) is 17.7 Å². The fourth-order valence-electron chi connectivity index (χ4n) is 3.69. The molecule has 0 aromatic heterocycles. The molecular formula is C23H28Cl3NO2. The Hall–Kier alpha value is -1.13. The Morgan fingerprint density at radius 2 is 1.55 bits per heavy atom. The highest BCUT2D eigenvalue weighted by molar-refractivity contribution is 6.35. The van der Waals surface area contributed by atoms with Crippen molar-refractivity contribution in [2.75, 3.05) is 7.11 Å². The van der Waals surface area contributed by atoms with E-state index in [1.165, 1.54) is 44.9 Å². The summed E-state index contributed by atoms with van der Waals surface area (Å²) in [4.78, 5) is 0. The highest BCUT2D eigenvalue weighted by Crippen LogP contribution is 2.34. The van der Waals surface area contributed by atoms with Crippen molar-refractivity contribution in [3.63, 3.8) is 0 Å². The van der Waals surface area contributed by atoms with Gasteiger partial charge >= 0.3 is 0 Å². The molecule has 1 saturated carbocycles. The van der Waals surface area contributed by atoms with E-state index < -0.39 is 0 Å². The molecule has 6 heteroatoms. The van der Waals surface area contributed by atoms with Crippen LogP contribution in [0.15, 0.2) is 30.3 Å². The van der Waals surface area contributed by atoms with Gasteiger partial charge in [-0.25, -0.2) is 0 Å². The summed E-state index contributed by atoms with van der Waals surface area (Å²) in [6.45, 7) is 1.03. The van der Waals surface area contributed by atoms with Gasteiger partial charge in [0, 0.05) is 39.3 Å². The van der Waals surface area contributed by atoms with Gasteiger partial charge in [-0.1, -0.05) is 73.0 Å². The zero-order chi connectivity index (χ0) is 20.6. The third-order valence-electron chi connectivity index (χ3n) is 5.42. The van der Waals surface area contributed by atoms with Crippen LogP contribution >= 0.6 is 34.8 Å². The molecule has 1 fully saturated rings. The van der Waals surface area contributed by atoms with E-state index >= 15 is 0 Å². The lowest BCUT2D eigenvalue weighted by Gasteiger charge is -2.22. The Kier molecular flexibility index (Phi) is 8.80. The molecule has 2 aromatic carbocycles. The largest absolute Gasteiger partial charge is 0.493 e. The highest BCUT2D eigenvalue weighted by atomic mass is 35.5. The average Bonchev–Trinajstić information content (AvgIpc) is 2.67. The lowest BCUT2D eigenvalue weighted by molar-refractivity contribution is 0.284. The van der Waals surface area contributed by atoms with E-state index in [0.29, 0.717) is 39.2 Å². The topological polar surface area (TPSA) is 30.5 Å². The number of hydrogen-bond donors (Lipinski definition) is 1. The molecule has 0 atom stereocenters.